The molecule has 0 saturated carbocycles. The van der Waals surface area contributed by atoms with Crippen LogP contribution in [0.1, 0.15) is 0 Å². The van der Waals surface area contributed by atoms with Gasteiger partial charge in [0.15, 0.2) is 10.2 Å². The molecule has 0 radical (unpaired) electrons. The molecule has 2 rings (SSSR count). The molecule has 0 aliphatic heterocycles. The molecule has 0 unspecified atom stereocenters. The highest BCUT2D eigenvalue weighted by Crippen LogP contribution is 2.34. The summed E-state index contributed by atoms with van der Waals surface area (Å²) in [6, 6.07) is 0. The first-order chi connectivity index (χ1) is 8.09. The second kappa shape index (κ2) is 4.63. The topological polar surface area (TPSA) is 99.6 Å². The first-order valence-corrected chi connectivity index (χ1v) is 5.45. The summed E-state index contributed by atoms with van der Waals surface area (Å²) < 4.78 is 1.62. The molecule has 0 spiro atoms. The van der Waals surface area contributed by atoms with Crippen molar-refractivity contribution in [1.82, 2.24) is 24.7 Å². The third-order valence-corrected chi connectivity index (χ3v) is 3.11. The van der Waals surface area contributed by atoms with E-state index in [0.29, 0.717) is 5.16 Å². The van der Waals surface area contributed by atoms with E-state index in [0.717, 1.165) is 18.1 Å². The molecular formula is C7H5ClN6O2S. The van der Waals surface area contributed by atoms with Crippen molar-refractivity contribution in [1.29, 1.82) is 0 Å². The quantitative estimate of drug-likeness (QED) is 0.472. The normalized spacial score (nSPS) is 10.5. The van der Waals surface area contributed by atoms with Crippen LogP contribution in [0.15, 0.2) is 22.8 Å². The van der Waals surface area contributed by atoms with Crippen molar-refractivity contribution in [3.05, 3.63) is 27.9 Å². The molecule has 17 heavy (non-hydrogen) atoms. The molecule has 0 fully saturated rings. The minimum atomic E-state index is -0.624. The average molecular weight is 273 g/mol. The van der Waals surface area contributed by atoms with Gasteiger partial charge in [0.25, 0.3) is 0 Å². The van der Waals surface area contributed by atoms with Crippen LogP contribution in [0.25, 0.3) is 0 Å². The summed E-state index contributed by atoms with van der Waals surface area (Å²) in [7, 11) is 1.72. The van der Waals surface area contributed by atoms with Crippen LogP contribution in [0.3, 0.4) is 0 Å². The van der Waals surface area contributed by atoms with E-state index in [1.54, 1.807) is 11.6 Å². The Balaban J connectivity index is 2.43. The van der Waals surface area contributed by atoms with Crippen LogP contribution in [0, 0.1) is 10.1 Å². The summed E-state index contributed by atoms with van der Waals surface area (Å²) >= 11 is 6.66. The van der Waals surface area contributed by atoms with Gasteiger partial charge in [-0.25, -0.2) is 9.97 Å². The van der Waals surface area contributed by atoms with Crippen LogP contribution in [-0.2, 0) is 7.05 Å². The molecule has 0 aromatic carbocycles. The molecule has 0 saturated heterocycles. The molecule has 2 heterocycles. The van der Waals surface area contributed by atoms with Crippen molar-refractivity contribution in [3.63, 3.8) is 0 Å². The van der Waals surface area contributed by atoms with Gasteiger partial charge >= 0.3 is 5.69 Å². The first-order valence-electron chi connectivity index (χ1n) is 4.26. The Labute approximate surface area is 104 Å². The number of aromatic nitrogens is 5. The zero-order valence-electron chi connectivity index (χ0n) is 8.44. The summed E-state index contributed by atoms with van der Waals surface area (Å²) in [5.41, 5.74) is -0.331. The predicted molar refractivity (Wildman–Crippen MR) is 58.8 cm³/mol. The van der Waals surface area contributed by atoms with E-state index in [1.807, 2.05) is 0 Å². The molecule has 0 N–H and O–H groups in total. The molecule has 8 nitrogen and oxygen atoms in total. The van der Waals surface area contributed by atoms with Crippen LogP contribution in [-0.4, -0.2) is 29.7 Å². The van der Waals surface area contributed by atoms with Gasteiger partial charge in [-0.15, -0.1) is 10.2 Å². The highest BCUT2D eigenvalue weighted by Gasteiger charge is 2.23. The standard InChI is InChI=1S/C7H5ClN6O2S/c1-13-3-11-12-7(13)17-6-4(14(15)16)5(8)9-2-10-6/h2-3H,1H3. The summed E-state index contributed by atoms with van der Waals surface area (Å²) in [5.74, 6) is 0. The maximum Gasteiger partial charge on any atom is 0.338 e. The number of halogens is 1. The van der Waals surface area contributed by atoms with Crippen molar-refractivity contribution in [2.45, 2.75) is 10.2 Å². The van der Waals surface area contributed by atoms with E-state index >= 15 is 0 Å². The van der Waals surface area contributed by atoms with E-state index in [9.17, 15) is 10.1 Å². The van der Waals surface area contributed by atoms with E-state index in [-0.39, 0.29) is 15.9 Å². The van der Waals surface area contributed by atoms with Gasteiger partial charge in [0.2, 0.25) is 5.15 Å². The van der Waals surface area contributed by atoms with Gasteiger partial charge in [-0.1, -0.05) is 11.6 Å². The SMILES string of the molecule is Cn1cnnc1Sc1ncnc(Cl)c1[N+](=O)[O-]. The molecule has 0 aliphatic carbocycles. The maximum absolute atomic E-state index is 10.8. The van der Waals surface area contributed by atoms with Crippen LogP contribution in [0.5, 0.6) is 0 Å². The van der Waals surface area contributed by atoms with Crippen LogP contribution in [0.4, 0.5) is 5.69 Å². The largest absolute Gasteiger partial charge is 0.338 e. The zero-order chi connectivity index (χ0) is 12.4. The molecule has 2 aromatic rings. The maximum atomic E-state index is 10.8. The Morgan fingerprint density at radius 2 is 2.29 bits per heavy atom. The van der Waals surface area contributed by atoms with Crippen molar-refractivity contribution in [2.24, 2.45) is 7.05 Å². The Kier molecular flexibility index (Phi) is 3.20. The van der Waals surface area contributed by atoms with Crippen molar-refractivity contribution < 1.29 is 4.92 Å². The van der Waals surface area contributed by atoms with E-state index in [2.05, 4.69) is 20.2 Å². The molecule has 10 heteroatoms. The monoisotopic (exact) mass is 272 g/mol. The van der Waals surface area contributed by atoms with Gasteiger partial charge in [-0.2, -0.15) is 0 Å². The van der Waals surface area contributed by atoms with E-state index in [1.165, 1.54) is 6.33 Å². The lowest BCUT2D eigenvalue weighted by Crippen LogP contribution is -1.98. The Hall–Kier alpha value is -1.74. The van der Waals surface area contributed by atoms with E-state index in [4.69, 9.17) is 11.6 Å². The zero-order valence-corrected chi connectivity index (χ0v) is 10.0. The second-order valence-electron chi connectivity index (χ2n) is 2.90. The summed E-state index contributed by atoms with van der Waals surface area (Å²) in [6.07, 6.45) is 2.64. The van der Waals surface area contributed by atoms with Gasteiger partial charge in [0, 0.05) is 7.05 Å². The number of aryl methyl sites for hydroxylation is 1. The number of hydrogen-bond acceptors (Lipinski definition) is 7. The number of nitro groups is 1. The van der Waals surface area contributed by atoms with Crippen LogP contribution < -0.4 is 0 Å². The number of rotatable bonds is 3. The predicted octanol–water partition coefficient (Wildman–Crippen LogP) is 1.32. The molecule has 88 valence electrons. The molecule has 2 aromatic heterocycles. The smallest absolute Gasteiger partial charge is 0.311 e. The molecular weight excluding hydrogens is 268 g/mol. The molecule has 0 amide bonds. The highest BCUT2D eigenvalue weighted by molar-refractivity contribution is 7.99. The average Bonchev–Trinajstić information content (AvgIpc) is 2.64. The lowest BCUT2D eigenvalue weighted by Gasteiger charge is -2.01. The van der Waals surface area contributed by atoms with Gasteiger partial charge in [-0.3, -0.25) is 10.1 Å². The molecule has 0 bridgehead atoms. The van der Waals surface area contributed by atoms with Gasteiger partial charge in [0.1, 0.15) is 12.7 Å². The van der Waals surface area contributed by atoms with Crippen molar-refractivity contribution in [2.75, 3.05) is 0 Å². The summed E-state index contributed by atoms with van der Waals surface area (Å²) in [4.78, 5) is 17.6. The van der Waals surface area contributed by atoms with Gasteiger partial charge in [0.05, 0.1) is 4.92 Å². The third-order valence-electron chi connectivity index (χ3n) is 1.78. The first kappa shape index (κ1) is 11.7. The van der Waals surface area contributed by atoms with Gasteiger partial charge < -0.3 is 4.57 Å². The lowest BCUT2D eigenvalue weighted by molar-refractivity contribution is -0.388. The Morgan fingerprint density at radius 3 is 2.88 bits per heavy atom. The lowest BCUT2D eigenvalue weighted by atomic mass is 10.5. The Morgan fingerprint density at radius 1 is 1.53 bits per heavy atom. The summed E-state index contributed by atoms with van der Waals surface area (Å²) in [6.45, 7) is 0. The molecule has 0 aliphatic rings. The molecule has 0 atom stereocenters. The second-order valence-corrected chi connectivity index (χ2v) is 4.22. The fraction of sp³-hybridized carbons (Fsp3) is 0.143. The van der Waals surface area contributed by atoms with Crippen LogP contribution >= 0.6 is 23.4 Å². The third kappa shape index (κ3) is 2.34. The minimum absolute atomic E-state index is 0.131. The number of nitrogens with zero attached hydrogens (tertiary/aromatic N) is 6. The highest BCUT2D eigenvalue weighted by atomic mass is 35.5. The van der Waals surface area contributed by atoms with Crippen molar-refractivity contribution in [3.8, 4) is 0 Å². The fourth-order valence-electron chi connectivity index (χ4n) is 1.02. The summed E-state index contributed by atoms with van der Waals surface area (Å²) in [5, 5.41) is 18.7. The van der Waals surface area contributed by atoms with Gasteiger partial charge in [-0.05, 0) is 11.8 Å². The number of hydrogen-bond donors (Lipinski definition) is 0. The minimum Gasteiger partial charge on any atom is -0.311 e. The Bertz CT molecular complexity index is 573. The van der Waals surface area contributed by atoms with Crippen LogP contribution in [0.2, 0.25) is 5.15 Å². The van der Waals surface area contributed by atoms with E-state index < -0.39 is 4.92 Å². The van der Waals surface area contributed by atoms with Crippen molar-refractivity contribution >= 4 is 29.1 Å². The fourth-order valence-corrected chi connectivity index (χ4v) is 2.10.